The number of ether oxygens (including phenoxy) is 1. The number of rotatable bonds is 10. The van der Waals surface area contributed by atoms with Gasteiger partial charge >= 0.3 is 0 Å². The molecule has 18 heavy (non-hydrogen) atoms. The van der Waals surface area contributed by atoms with Gasteiger partial charge in [0, 0.05) is 26.6 Å². The average molecular weight is 254 g/mol. The first kappa shape index (κ1) is 15.1. The van der Waals surface area contributed by atoms with Crippen LogP contribution in [-0.4, -0.2) is 41.6 Å². The molecule has 5 heteroatoms. The molecule has 0 aliphatic rings. The van der Waals surface area contributed by atoms with Crippen molar-refractivity contribution in [3.8, 4) is 0 Å². The van der Waals surface area contributed by atoms with Crippen molar-refractivity contribution in [2.45, 2.75) is 39.7 Å². The lowest BCUT2D eigenvalue weighted by Crippen LogP contribution is -2.28. The number of nitrogens with one attached hydrogen (secondary N) is 1. The van der Waals surface area contributed by atoms with Crippen LogP contribution in [0.4, 0.5) is 0 Å². The van der Waals surface area contributed by atoms with Gasteiger partial charge in [-0.15, -0.1) is 0 Å². The lowest BCUT2D eigenvalue weighted by molar-refractivity contribution is 0.197. The molecule has 1 aromatic rings. The van der Waals surface area contributed by atoms with Gasteiger partial charge < -0.3 is 10.1 Å². The third-order valence-electron chi connectivity index (χ3n) is 3.08. The fraction of sp³-hybridized carbons (Fsp3) is 0.846. The molecule has 0 amide bonds. The Morgan fingerprint density at radius 2 is 2.28 bits per heavy atom. The molecule has 0 aliphatic heterocycles. The summed E-state index contributed by atoms with van der Waals surface area (Å²) in [7, 11) is 1.73. The molecule has 0 saturated carbocycles. The summed E-state index contributed by atoms with van der Waals surface area (Å²) in [6.45, 7) is 7.93. The predicted octanol–water partition coefficient (Wildman–Crippen LogP) is 1.49. The summed E-state index contributed by atoms with van der Waals surface area (Å²) in [5.74, 6) is 1.73. The van der Waals surface area contributed by atoms with Crippen LogP contribution in [-0.2, 0) is 17.7 Å². The van der Waals surface area contributed by atoms with E-state index in [2.05, 4.69) is 29.2 Å². The molecule has 0 radical (unpaired) electrons. The first-order valence-electron chi connectivity index (χ1n) is 6.88. The first-order valence-corrected chi connectivity index (χ1v) is 6.88. The van der Waals surface area contributed by atoms with Crippen molar-refractivity contribution in [3.05, 3.63) is 12.2 Å². The highest BCUT2D eigenvalue weighted by molar-refractivity contribution is 4.87. The van der Waals surface area contributed by atoms with Gasteiger partial charge in [0.1, 0.15) is 12.2 Å². The van der Waals surface area contributed by atoms with E-state index in [1.807, 2.05) is 4.68 Å². The molecule has 0 spiro atoms. The predicted molar refractivity (Wildman–Crippen MR) is 72.5 cm³/mol. The number of aromatic nitrogens is 3. The van der Waals surface area contributed by atoms with Crippen LogP contribution in [0.1, 0.15) is 32.5 Å². The van der Waals surface area contributed by atoms with Crippen LogP contribution >= 0.6 is 0 Å². The monoisotopic (exact) mass is 254 g/mol. The SMILES string of the molecule is CCCC(CNCCOC)Cc1ncnn1CC. The second kappa shape index (κ2) is 9.05. The van der Waals surface area contributed by atoms with Crippen LogP contribution in [0.25, 0.3) is 0 Å². The number of hydrogen-bond acceptors (Lipinski definition) is 4. The molecular formula is C13H26N4O. The maximum atomic E-state index is 5.04. The Bertz CT molecular complexity index is 314. The number of methoxy groups -OCH3 is 1. The van der Waals surface area contributed by atoms with Crippen LogP contribution in [0.5, 0.6) is 0 Å². The third kappa shape index (κ3) is 5.14. The van der Waals surface area contributed by atoms with Gasteiger partial charge in [-0.1, -0.05) is 13.3 Å². The maximum Gasteiger partial charge on any atom is 0.138 e. The van der Waals surface area contributed by atoms with Gasteiger partial charge in [0.05, 0.1) is 6.61 Å². The summed E-state index contributed by atoms with van der Waals surface area (Å²) >= 11 is 0. The van der Waals surface area contributed by atoms with E-state index in [1.165, 1.54) is 12.8 Å². The molecule has 1 rings (SSSR count). The Morgan fingerprint density at radius 3 is 2.94 bits per heavy atom. The van der Waals surface area contributed by atoms with Crippen LogP contribution in [0.2, 0.25) is 0 Å². The molecule has 0 aromatic carbocycles. The van der Waals surface area contributed by atoms with Gasteiger partial charge in [0.25, 0.3) is 0 Å². The highest BCUT2D eigenvalue weighted by atomic mass is 16.5. The Balaban J connectivity index is 2.41. The van der Waals surface area contributed by atoms with Crippen molar-refractivity contribution in [2.75, 3.05) is 26.8 Å². The molecule has 1 unspecified atom stereocenters. The fourth-order valence-electron chi connectivity index (χ4n) is 2.13. The molecule has 1 heterocycles. The molecule has 0 aliphatic carbocycles. The first-order chi connectivity index (χ1) is 8.81. The molecule has 5 nitrogen and oxygen atoms in total. The van der Waals surface area contributed by atoms with E-state index < -0.39 is 0 Å². The van der Waals surface area contributed by atoms with Gasteiger partial charge in [-0.3, -0.25) is 4.68 Å². The zero-order chi connectivity index (χ0) is 13.2. The van der Waals surface area contributed by atoms with E-state index in [9.17, 15) is 0 Å². The van der Waals surface area contributed by atoms with E-state index in [4.69, 9.17) is 4.74 Å². The van der Waals surface area contributed by atoms with Crippen molar-refractivity contribution in [3.63, 3.8) is 0 Å². The highest BCUT2D eigenvalue weighted by Crippen LogP contribution is 2.11. The standard InChI is InChI=1S/C13H26N4O/c1-4-6-12(10-14-7-8-18-3)9-13-15-11-16-17(13)5-2/h11-12,14H,4-10H2,1-3H3. The third-order valence-corrected chi connectivity index (χ3v) is 3.08. The highest BCUT2D eigenvalue weighted by Gasteiger charge is 2.12. The lowest BCUT2D eigenvalue weighted by Gasteiger charge is -2.16. The van der Waals surface area contributed by atoms with Gasteiger partial charge in [0.2, 0.25) is 0 Å². The van der Waals surface area contributed by atoms with E-state index in [0.717, 1.165) is 38.5 Å². The summed E-state index contributed by atoms with van der Waals surface area (Å²) in [6, 6.07) is 0. The second-order valence-electron chi connectivity index (χ2n) is 4.55. The van der Waals surface area contributed by atoms with Crippen LogP contribution in [0.15, 0.2) is 6.33 Å². The lowest BCUT2D eigenvalue weighted by atomic mass is 9.99. The van der Waals surface area contributed by atoms with E-state index in [0.29, 0.717) is 5.92 Å². The number of aryl methyl sites for hydroxylation is 1. The second-order valence-corrected chi connectivity index (χ2v) is 4.55. The normalized spacial score (nSPS) is 12.8. The summed E-state index contributed by atoms with van der Waals surface area (Å²) in [5.41, 5.74) is 0. The minimum Gasteiger partial charge on any atom is -0.383 e. The van der Waals surface area contributed by atoms with Crippen LogP contribution < -0.4 is 5.32 Å². The maximum absolute atomic E-state index is 5.04. The molecule has 1 atom stereocenters. The molecular weight excluding hydrogens is 228 g/mol. The Hall–Kier alpha value is -0.940. The van der Waals surface area contributed by atoms with Gasteiger partial charge in [0.15, 0.2) is 0 Å². The molecule has 1 N–H and O–H groups in total. The minimum absolute atomic E-state index is 0.626. The van der Waals surface area contributed by atoms with Crippen molar-refractivity contribution >= 4 is 0 Å². The average Bonchev–Trinajstić information content (AvgIpc) is 2.82. The van der Waals surface area contributed by atoms with E-state index in [1.54, 1.807) is 13.4 Å². The summed E-state index contributed by atoms with van der Waals surface area (Å²) in [4.78, 5) is 4.35. The van der Waals surface area contributed by atoms with Gasteiger partial charge in [-0.2, -0.15) is 5.10 Å². The molecule has 0 fully saturated rings. The van der Waals surface area contributed by atoms with Crippen LogP contribution in [0, 0.1) is 5.92 Å². The van der Waals surface area contributed by atoms with E-state index >= 15 is 0 Å². The largest absolute Gasteiger partial charge is 0.383 e. The molecule has 104 valence electrons. The summed E-state index contributed by atoms with van der Waals surface area (Å²) < 4.78 is 7.02. The van der Waals surface area contributed by atoms with Crippen molar-refractivity contribution < 1.29 is 4.74 Å². The minimum atomic E-state index is 0.626. The number of nitrogens with zero attached hydrogens (tertiary/aromatic N) is 3. The zero-order valence-corrected chi connectivity index (χ0v) is 11.9. The Kier molecular flexibility index (Phi) is 7.60. The Labute approximate surface area is 110 Å². The van der Waals surface area contributed by atoms with Crippen molar-refractivity contribution in [1.82, 2.24) is 20.1 Å². The fourth-order valence-corrected chi connectivity index (χ4v) is 2.13. The smallest absolute Gasteiger partial charge is 0.138 e. The van der Waals surface area contributed by atoms with Crippen molar-refractivity contribution in [2.24, 2.45) is 5.92 Å². The zero-order valence-electron chi connectivity index (χ0n) is 11.9. The number of hydrogen-bond donors (Lipinski definition) is 1. The quantitative estimate of drug-likeness (QED) is 0.643. The summed E-state index contributed by atoms with van der Waals surface area (Å²) in [6.07, 6.45) is 5.08. The van der Waals surface area contributed by atoms with Crippen molar-refractivity contribution in [1.29, 1.82) is 0 Å². The van der Waals surface area contributed by atoms with E-state index in [-0.39, 0.29) is 0 Å². The van der Waals surface area contributed by atoms with Gasteiger partial charge in [-0.25, -0.2) is 4.98 Å². The molecule has 0 bridgehead atoms. The Morgan fingerprint density at radius 1 is 1.44 bits per heavy atom. The molecule has 0 saturated heterocycles. The molecule has 1 aromatic heterocycles. The topological polar surface area (TPSA) is 52.0 Å². The van der Waals surface area contributed by atoms with Gasteiger partial charge in [-0.05, 0) is 25.8 Å². The summed E-state index contributed by atoms with van der Waals surface area (Å²) in [5, 5.41) is 7.66. The van der Waals surface area contributed by atoms with Crippen LogP contribution in [0.3, 0.4) is 0 Å².